The van der Waals surface area contributed by atoms with E-state index in [1.54, 1.807) is 72.8 Å². The van der Waals surface area contributed by atoms with Crippen LogP contribution in [0.4, 0.5) is 0 Å². The van der Waals surface area contributed by atoms with Crippen molar-refractivity contribution in [1.82, 2.24) is 4.90 Å². The van der Waals surface area contributed by atoms with Gasteiger partial charge in [-0.05, 0) is 47.2 Å². The van der Waals surface area contributed by atoms with Crippen LogP contribution in [0.5, 0.6) is 0 Å². The summed E-state index contributed by atoms with van der Waals surface area (Å²) in [5.74, 6) is -0.464. The average molecular weight is 802 g/mol. The largest absolute Gasteiger partial charge is 0.374 e. The Morgan fingerprint density at radius 3 is 1.42 bits per heavy atom. The molecule has 0 aromatic heterocycles. The van der Waals surface area contributed by atoms with E-state index in [-0.39, 0.29) is 25.0 Å². The van der Waals surface area contributed by atoms with Gasteiger partial charge in [-0.25, -0.2) is 0 Å². The molecule has 7 rings (SSSR count). The molecule has 5 aromatic rings. The number of unbranched alkanes of at least 4 members (excludes halogenated alkanes) is 5. The first-order valence-corrected chi connectivity index (χ1v) is 20.5. The molecule has 5 unspecified atom stereocenters. The Balaban J connectivity index is 1.07. The predicted octanol–water partition coefficient (Wildman–Crippen LogP) is 9.34. The molecule has 0 bridgehead atoms. The van der Waals surface area contributed by atoms with E-state index < -0.39 is 57.0 Å². The van der Waals surface area contributed by atoms with Crippen LogP contribution in [0.3, 0.4) is 0 Å². The number of carbonyl (C=O) groups is 2. The van der Waals surface area contributed by atoms with Crippen molar-refractivity contribution in [2.24, 2.45) is 0 Å². The molecule has 2 aliphatic rings. The highest BCUT2D eigenvalue weighted by molar-refractivity contribution is 6.21. The van der Waals surface area contributed by atoms with Crippen molar-refractivity contribution in [3.8, 4) is 0 Å². The van der Waals surface area contributed by atoms with Crippen LogP contribution in [0, 0.1) is 0 Å². The quantitative estimate of drug-likeness (QED) is 0.0477. The van der Waals surface area contributed by atoms with E-state index >= 15 is 0 Å². The first-order chi connectivity index (χ1) is 30.8. The zero-order valence-electron chi connectivity index (χ0n) is 37.1. The van der Waals surface area contributed by atoms with Gasteiger partial charge < -0.3 is 28.4 Å². The summed E-state index contributed by atoms with van der Waals surface area (Å²) in [5.41, 5.74) is 3.34. The molecular formula is C50H55NO8. The van der Waals surface area contributed by atoms with E-state index in [0.29, 0.717) is 52.8 Å². The molecule has 2 aliphatic heterocycles. The van der Waals surface area contributed by atoms with Gasteiger partial charge in [0.2, 0.25) is 0 Å². The summed E-state index contributed by atoms with van der Waals surface area (Å²) in [6.07, 6.45) is -0.410. The number of imide groups is 1. The lowest BCUT2D eigenvalue weighted by Gasteiger charge is -2.46. The van der Waals surface area contributed by atoms with Gasteiger partial charge in [0, 0.05) is 13.2 Å². The van der Waals surface area contributed by atoms with E-state index in [9.17, 15) is 11.0 Å². The molecule has 308 valence electrons. The topological polar surface area (TPSA) is 92.8 Å². The third-order valence-corrected chi connectivity index (χ3v) is 10.3. The molecule has 0 saturated carbocycles. The van der Waals surface area contributed by atoms with Crippen LogP contribution in [-0.4, -0.2) is 67.2 Å². The maximum absolute atomic E-state index is 12.8. The van der Waals surface area contributed by atoms with Crippen molar-refractivity contribution in [3.63, 3.8) is 0 Å². The third-order valence-electron chi connectivity index (χ3n) is 10.3. The van der Waals surface area contributed by atoms with Gasteiger partial charge in [-0.3, -0.25) is 14.5 Å². The van der Waals surface area contributed by atoms with Crippen LogP contribution in [0.1, 0.15) is 87.0 Å². The Hall–Kier alpha value is -5.00. The Bertz CT molecular complexity index is 2120. The minimum Gasteiger partial charge on any atom is -0.374 e. The average Bonchev–Trinajstić information content (AvgIpc) is 3.57. The SMILES string of the molecule is [2H]C(OC[C@H]1OC(OCCCCCCCCN2C(=O)c3ccccc3C2=O)[C@@H](OC([2H])c2ccccc2)[C@@H](OC([2H])c2ccccc2)[C@@H]1OC([2H])c1ccccc1)c1ccccc1. The number of amides is 2. The van der Waals surface area contributed by atoms with Gasteiger partial charge in [-0.1, -0.05) is 159 Å². The van der Waals surface area contributed by atoms with Gasteiger partial charge in [0.15, 0.2) is 6.29 Å². The highest BCUT2D eigenvalue weighted by Gasteiger charge is 2.49. The Labute approximate surface area is 353 Å². The summed E-state index contributed by atoms with van der Waals surface area (Å²) in [7, 11) is 0. The van der Waals surface area contributed by atoms with E-state index in [1.165, 1.54) is 4.90 Å². The molecule has 1 fully saturated rings. The molecule has 9 atom stereocenters. The molecule has 0 spiro atoms. The van der Waals surface area contributed by atoms with Crippen LogP contribution in [0.2, 0.25) is 0 Å². The fraction of sp³-hybridized carbons (Fsp3) is 0.360. The number of hydrogen-bond acceptors (Lipinski definition) is 8. The van der Waals surface area contributed by atoms with Gasteiger partial charge in [-0.2, -0.15) is 0 Å². The molecule has 1 saturated heterocycles. The predicted molar refractivity (Wildman–Crippen MR) is 225 cm³/mol. The van der Waals surface area contributed by atoms with Gasteiger partial charge in [0.1, 0.15) is 24.4 Å². The lowest BCUT2D eigenvalue weighted by molar-refractivity contribution is -0.328. The highest BCUT2D eigenvalue weighted by Crippen LogP contribution is 2.32. The number of rotatable bonds is 23. The molecule has 2 heterocycles. The van der Waals surface area contributed by atoms with Crippen molar-refractivity contribution in [3.05, 3.63) is 179 Å². The standard InChI is InChI=1S/C50H55NO8/c52-48-42-29-17-18-30-43(42)49(53)51(48)31-19-3-1-2-4-20-32-55-50-47(58-36-41-27-15-8-16-28-41)46(57-35-40-25-13-7-14-26-40)45(56-34-39-23-11-6-12-24-39)44(59-50)37-54-33-38-21-9-5-10-22-38/h5-18,21-30,44-47,50H,1-4,19-20,31-37H2/t44-,45-,46+,47+,50?/m1/s1/i33D,34D,35D,36D/t33?,34?,35?,36?,44-,45-,46+,47+,50?. The molecule has 59 heavy (non-hydrogen) atoms. The van der Waals surface area contributed by atoms with Crippen molar-refractivity contribution in [2.45, 2.75) is 95.6 Å². The van der Waals surface area contributed by atoms with Crippen LogP contribution >= 0.6 is 0 Å². The maximum atomic E-state index is 12.8. The summed E-state index contributed by atoms with van der Waals surface area (Å²) in [6.45, 7) is -4.12. The fourth-order valence-electron chi connectivity index (χ4n) is 7.17. The van der Waals surface area contributed by atoms with Crippen molar-refractivity contribution < 1.29 is 43.5 Å². The van der Waals surface area contributed by atoms with E-state index in [2.05, 4.69) is 0 Å². The first-order valence-electron chi connectivity index (χ1n) is 22.8. The van der Waals surface area contributed by atoms with Crippen LogP contribution in [0.15, 0.2) is 146 Å². The summed E-state index contributed by atoms with van der Waals surface area (Å²) in [5, 5.41) is 0. The number of nitrogens with zero attached hydrogens (tertiary/aromatic N) is 1. The molecule has 9 nitrogen and oxygen atoms in total. The van der Waals surface area contributed by atoms with Crippen LogP contribution in [-0.2, 0) is 54.8 Å². The highest BCUT2D eigenvalue weighted by atomic mass is 16.7. The second kappa shape index (κ2) is 22.4. The second-order valence-electron chi connectivity index (χ2n) is 14.6. The Morgan fingerprint density at radius 2 is 0.898 bits per heavy atom. The van der Waals surface area contributed by atoms with Crippen LogP contribution in [0.25, 0.3) is 0 Å². The number of hydrogen-bond donors (Lipinski definition) is 0. The summed E-state index contributed by atoms with van der Waals surface area (Å²) in [6, 6.07) is 43.4. The monoisotopic (exact) mass is 801 g/mol. The zero-order chi connectivity index (χ0) is 44.0. The summed E-state index contributed by atoms with van der Waals surface area (Å²) >= 11 is 0. The van der Waals surface area contributed by atoms with E-state index in [4.69, 9.17) is 32.5 Å². The maximum Gasteiger partial charge on any atom is 0.261 e. The molecule has 0 aliphatic carbocycles. The summed E-state index contributed by atoms with van der Waals surface area (Å²) < 4.78 is 75.3. The lowest BCUT2D eigenvalue weighted by Crippen LogP contribution is -2.61. The van der Waals surface area contributed by atoms with Crippen molar-refractivity contribution in [1.29, 1.82) is 0 Å². The molecule has 5 aromatic carbocycles. The smallest absolute Gasteiger partial charge is 0.261 e. The molecule has 9 heteroatoms. The van der Waals surface area contributed by atoms with Gasteiger partial charge in [-0.15, -0.1) is 0 Å². The van der Waals surface area contributed by atoms with Gasteiger partial charge in [0.25, 0.3) is 11.8 Å². The normalized spacial score (nSPS) is 23.3. The van der Waals surface area contributed by atoms with Gasteiger partial charge in [0.05, 0.1) is 49.5 Å². The number of fused-ring (bicyclic) bond motifs is 1. The lowest BCUT2D eigenvalue weighted by atomic mass is 9.97. The third kappa shape index (κ3) is 12.0. The van der Waals surface area contributed by atoms with Gasteiger partial charge >= 0.3 is 0 Å². The van der Waals surface area contributed by atoms with E-state index in [1.807, 2.05) is 72.8 Å². The molecule has 2 amide bonds. The Kier molecular flexibility index (Phi) is 14.1. The van der Waals surface area contributed by atoms with Crippen molar-refractivity contribution in [2.75, 3.05) is 19.8 Å². The number of carbonyl (C=O) groups excluding carboxylic acids is 2. The Morgan fingerprint density at radius 1 is 0.475 bits per heavy atom. The molecule has 0 N–H and O–H groups in total. The minimum absolute atomic E-state index is 0.140. The number of ether oxygens (including phenoxy) is 6. The summed E-state index contributed by atoms with van der Waals surface area (Å²) in [4.78, 5) is 26.8. The zero-order valence-corrected chi connectivity index (χ0v) is 33.1. The molecule has 0 radical (unpaired) electrons. The first kappa shape index (κ1) is 37.0. The second-order valence-corrected chi connectivity index (χ2v) is 14.6. The van der Waals surface area contributed by atoms with Crippen LogP contribution < -0.4 is 0 Å². The fourth-order valence-corrected chi connectivity index (χ4v) is 7.17. The van der Waals surface area contributed by atoms with E-state index in [0.717, 1.165) is 25.7 Å². The minimum atomic E-state index is -1.21. The molecular weight excluding hydrogens is 743 g/mol. The van der Waals surface area contributed by atoms with Crippen molar-refractivity contribution >= 4 is 11.8 Å². The number of benzene rings is 5.